The van der Waals surface area contributed by atoms with Gasteiger partial charge in [0.15, 0.2) is 0 Å². The fourth-order valence-corrected chi connectivity index (χ4v) is 4.69. The first kappa shape index (κ1) is 14.4. The van der Waals surface area contributed by atoms with Gasteiger partial charge in [-0.2, -0.15) is 0 Å². The highest BCUT2D eigenvalue weighted by Gasteiger charge is 2.57. The van der Waals surface area contributed by atoms with Gasteiger partial charge >= 0.3 is 5.97 Å². The molecule has 0 spiro atoms. The van der Waals surface area contributed by atoms with E-state index in [2.05, 4.69) is 0 Å². The van der Waals surface area contributed by atoms with Gasteiger partial charge in [0, 0.05) is 29.7 Å². The van der Waals surface area contributed by atoms with Crippen molar-refractivity contribution in [1.82, 2.24) is 9.80 Å². The Morgan fingerprint density at radius 2 is 2.19 bits per heavy atom. The van der Waals surface area contributed by atoms with Crippen molar-refractivity contribution < 1.29 is 19.8 Å². The van der Waals surface area contributed by atoms with E-state index in [1.807, 2.05) is 4.90 Å². The molecule has 8 heteroatoms. The number of thioether (sulfide) groups is 1. The number of likely N-dealkylation sites (tertiary alicyclic amines) is 1. The van der Waals surface area contributed by atoms with Gasteiger partial charge in [-0.05, 0) is 6.92 Å². The van der Waals surface area contributed by atoms with Crippen molar-refractivity contribution in [2.24, 2.45) is 5.92 Å². The molecule has 3 aliphatic rings. The van der Waals surface area contributed by atoms with Crippen LogP contribution in [0.25, 0.3) is 0 Å². The van der Waals surface area contributed by atoms with Gasteiger partial charge in [0.2, 0.25) is 5.91 Å². The number of β-lactam (4-membered cyclic amide) rings is 1. The van der Waals surface area contributed by atoms with Crippen LogP contribution in [0, 0.1) is 11.3 Å². The van der Waals surface area contributed by atoms with Gasteiger partial charge in [-0.15, -0.1) is 11.8 Å². The molecule has 0 aliphatic carbocycles. The van der Waals surface area contributed by atoms with Gasteiger partial charge in [0.05, 0.1) is 24.4 Å². The standard InChI is InChI=1S/C13H17N3O4S/c1-6(17)10-8-2-9(21-7-3-15(4-7)5-14)11(13(19)20)16(8)12(10)18/h5-8,10,14,17H,2-4H2,1H3,(H,19,20)/t6?,8-,10?/m1/s1. The summed E-state index contributed by atoms with van der Waals surface area (Å²) in [5.41, 5.74) is 0.0835. The molecule has 0 saturated carbocycles. The van der Waals surface area contributed by atoms with Crippen molar-refractivity contribution in [1.29, 1.82) is 5.41 Å². The largest absolute Gasteiger partial charge is 0.477 e. The quantitative estimate of drug-likeness (QED) is 0.372. The monoisotopic (exact) mass is 311 g/mol. The average molecular weight is 311 g/mol. The van der Waals surface area contributed by atoms with E-state index in [4.69, 9.17) is 5.41 Å². The number of carboxylic acids is 1. The fourth-order valence-electron chi connectivity index (χ4n) is 3.19. The Kier molecular flexibility index (Phi) is 3.45. The molecule has 21 heavy (non-hydrogen) atoms. The predicted molar refractivity (Wildman–Crippen MR) is 76.8 cm³/mol. The maximum atomic E-state index is 12.0. The van der Waals surface area contributed by atoms with Crippen LogP contribution in [0.5, 0.6) is 0 Å². The summed E-state index contributed by atoms with van der Waals surface area (Å²) >= 11 is 1.49. The van der Waals surface area contributed by atoms with Crippen LogP contribution in [-0.4, -0.2) is 68.7 Å². The van der Waals surface area contributed by atoms with Gasteiger partial charge < -0.3 is 20.0 Å². The lowest BCUT2D eigenvalue weighted by atomic mass is 9.83. The number of aliphatic carboxylic acids is 1. The number of aliphatic hydroxyl groups is 1. The molecule has 114 valence electrons. The second kappa shape index (κ2) is 5.03. The maximum absolute atomic E-state index is 12.0. The van der Waals surface area contributed by atoms with E-state index in [1.54, 1.807) is 6.92 Å². The smallest absolute Gasteiger partial charge is 0.353 e. The van der Waals surface area contributed by atoms with E-state index < -0.39 is 18.0 Å². The van der Waals surface area contributed by atoms with Gasteiger partial charge in [-0.1, -0.05) is 0 Å². The maximum Gasteiger partial charge on any atom is 0.353 e. The van der Waals surface area contributed by atoms with E-state index in [1.165, 1.54) is 23.0 Å². The molecule has 2 unspecified atom stereocenters. The molecular formula is C13H17N3O4S. The molecule has 3 N–H and O–H groups in total. The zero-order valence-electron chi connectivity index (χ0n) is 11.5. The number of nitrogens with one attached hydrogen (secondary N) is 1. The molecule has 2 saturated heterocycles. The van der Waals surface area contributed by atoms with E-state index >= 15 is 0 Å². The molecule has 0 aromatic carbocycles. The van der Waals surface area contributed by atoms with Crippen LogP contribution >= 0.6 is 11.8 Å². The lowest BCUT2D eigenvalue weighted by molar-refractivity contribution is -0.161. The number of rotatable bonds is 5. The highest BCUT2D eigenvalue weighted by Crippen LogP contribution is 2.48. The second-order valence-electron chi connectivity index (χ2n) is 5.65. The van der Waals surface area contributed by atoms with Crippen LogP contribution in [0.15, 0.2) is 10.6 Å². The van der Waals surface area contributed by atoms with E-state index in [9.17, 15) is 19.8 Å². The van der Waals surface area contributed by atoms with Crippen LogP contribution in [-0.2, 0) is 9.59 Å². The molecule has 3 rings (SSSR count). The Morgan fingerprint density at radius 1 is 1.52 bits per heavy atom. The Balaban J connectivity index is 1.75. The van der Waals surface area contributed by atoms with Crippen molar-refractivity contribution in [3.05, 3.63) is 10.6 Å². The first-order valence-electron chi connectivity index (χ1n) is 6.83. The van der Waals surface area contributed by atoms with Crippen LogP contribution in [0.2, 0.25) is 0 Å². The third-order valence-electron chi connectivity index (χ3n) is 4.26. The highest BCUT2D eigenvalue weighted by atomic mass is 32.2. The average Bonchev–Trinajstić information content (AvgIpc) is 2.67. The summed E-state index contributed by atoms with van der Waals surface area (Å²) in [5.74, 6) is -1.87. The molecular weight excluding hydrogens is 294 g/mol. The summed E-state index contributed by atoms with van der Waals surface area (Å²) in [4.78, 5) is 27.4. The Hall–Kier alpha value is -1.54. The normalized spacial score (nSPS) is 29.9. The molecule has 3 aliphatic heterocycles. The molecule has 0 bridgehead atoms. The Bertz CT molecular complexity index is 542. The first-order valence-corrected chi connectivity index (χ1v) is 7.71. The van der Waals surface area contributed by atoms with Crippen molar-refractivity contribution in [3.8, 4) is 0 Å². The minimum absolute atomic E-state index is 0.0835. The van der Waals surface area contributed by atoms with E-state index in [0.717, 1.165) is 18.0 Å². The molecule has 2 fully saturated rings. The summed E-state index contributed by atoms with van der Waals surface area (Å²) in [6.45, 7) is 3.02. The summed E-state index contributed by atoms with van der Waals surface area (Å²) < 4.78 is 0. The van der Waals surface area contributed by atoms with Crippen molar-refractivity contribution in [3.63, 3.8) is 0 Å². The third-order valence-corrected chi connectivity index (χ3v) is 5.53. The van der Waals surface area contributed by atoms with Crippen molar-refractivity contribution in [2.75, 3.05) is 13.1 Å². The van der Waals surface area contributed by atoms with E-state index in [-0.39, 0.29) is 22.9 Å². The van der Waals surface area contributed by atoms with Crippen molar-refractivity contribution in [2.45, 2.75) is 30.7 Å². The van der Waals surface area contributed by atoms with Gasteiger partial charge in [0.25, 0.3) is 0 Å². The fraction of sp³-hybridized carbons (Fsp3) is 0.615. The molecule has 3 heterocycles. The number of hydrogen-bond acceptors (Lipinski definition) is 5. The summed E-state index contributed by atoms with van der Waals surface area (Å²) in [6.07, 6.45) is 1.03. The number of carbonyl (C=O) groups is 2. The molecule has 3 atom stereocenters. The van der Waals surface area contributed by atoms with Crippen LogP contribution in [0.1, 0.15) is 13.3 Å². The second-order valence-corrected chi connectivity index (χ2v) is 7.04. The van der Waals surface area contributed by atoms with Crippen LogP contribution < -0.4 is 0 Å². The van der Waals surface area contributed by atoms with Crippen LogP contribution in [0.4, 0.5) is 0 Å². The van der Waals surface area contributed by atoms with Gasteiger partial charge in [0.1, 0.15) is 5.70 Å². The molecule has 1 amide bonds. The van der Waals surface area contributed by atoms with E-state index in [0.29, 0.717) is 6.42 Å². The number of carboxylic acid groups (broad SMARTS) is 1. The topological polar surface area (TPSA) is 105 Å². The number of hydrogen-bond donors (Lipinski definition) is 3. The zero-order chi connectivity index (χ0) is 15.3. The van der Waals surface area contributed by atoms with Gasteiger partial charge in [-0.25, -0.2) is 4.79 Å². The number of amides is 1. The minimum Gasteiger partial charge on any atom is -0.477 e. The minimum atomic E-state index is -1.08. The number of nitrogens with zero attached hydrogens (tertiary/aromatic N) is 2. The Morgan fingerprint density at radius 3 is 2.71 bits per heavy atom. The van der Waals surface area contributed by atoms with Crippen LogP contribution in [0.3, 0.4) is 0 Å². The molecule has 0 aromatic rings. The summed E-state index contributed by atoms with van der Waals surface area (Å²) in [7, 11) is 0. The summed E-state index contributed by atoms with van der Waals surface area (Å²) in [6, 6.07) is -0.218. The SMILES string of the molecule is CC(O)C1C(=O)N2C(C(=O)O)=C(SC3CN(C=N)C3)C[C@H]12. The Labute approximate surface area is 126 Å². The van der Waals surface area contributed by atoms with Crippen molar-refractivity contribution >= 4 is 30.0 Å². The third kappa shape index (κ3) is 2.13. The molecule has 7 nitrogen and oxygen atoms in total. The number of fused-ring (bicyclic) bond motifs is 1. The predicted octanol–water partition coefficient (Wildman–Crippen LogP) is -0.0814. The molecule has 0 aromatic heterocycles. The number of aliphatic hydroxyl groups excluding tert-OH is 1. The highest BCUT2D eigenvalue weighted by molar-refractivity contribution is 8.03. The summed E-state index contributed by atoms with van der Waals surface area (Å²) in [5, 5.41) is 26.4. The lowest BCUT2D eigenvalue weighted by Crippen LogP contribution is -2.61. The van der Waals surface area contributed by atoms with Gasteiger partial charge in [-0.3, -0.25) is 10.2 Å². The molecule has 0 radical (unpaired) electrons. The number of carbonyl (C=O) groups excluding carboxylic acids is 1. The first-order chi connectivity index (χ1) is 9.93. The zero-order valence-corrected chi connectivity index (χ0v) is 12.3. The lowest BCUT2D eigenvalue weighted by Gasteiger charge is -2.44.